The van der Waals surface area contributed by atoms with Gasteiger partial charge in [-0.3, -0.25) is 19.4 Å². The van der Waals surface area contributed by atoms with Gasteiger partial charge in [-0.1, -0.05) is 18.2 Å². The number of likely N-dealkylation sites (tertiary alicyclic amines) is 1. The molecule has 0 atom stereocenters. The molecule has 41 heavy (non-hydrogen) atoms. The number of imidazole rings is 1. The zero-order valence-electron chi connectivity index (χ0n) is 23.0. The molecule has 1 aliphatic carbocycles. The standard InChI is InChI=1S/C30H31N9O2/c1-19-14-39-29(33-19)26(12-27(36-39)35-30(40)20-9-10-20)34-25-8-5-7-24(28(25)41-2)21-13-32-38(15-21)23-17-37(18-23)16-22-6-3-4-11-31-22/h3-8,11-15,20,23,34H,9-10,16-18H2,1-2H3,(H,35,36,40). The molecule has 7 rings (SSSR count). The van der Waals surface area contributed by atoms with E-state index in [1.54, 1.807) is 11.6 Å². The number of para-hydroxylation sites is 1. The number of carbonyl (C=O) groups is 1. The minimum Gasteiger partial charge on any atom is -0.494 e. The van der Waals surface area contributed by atoms with Crippen LogP contribution in [0.25, 0.3) is 16.8 Å². The van der Waals surface area contributed by atoms with E-state index in [1.165, 1.54) is 0 Å². The molecule has 1 aromatic carbocycles. The summed E-state index contributed by atoms with van der Waals surface area (Å²) in [7, 11) is 1.67. The van der Waals surface area contributed by atoms with Crippen molar-refractivity contribution in [3.05, 3.63) is 78.6 Å². The van der Waals surface area contributed by atoms with Crippen LogP contribution in [-0.2, 0) is 11.3 Å². The monoisotopic (exact) mass is 549 g/mol. The number of amides is 1. The average molecular weight is 550 g/mol. The van der Waals surface area contributed by atoms with Gasteiger partial charge in [0.15, 0.2) is 11.5 Å². The number of ether oxygens (including phenoxy) is 1. The molecule has 0 unspecified atom stereocenters. The number of methoxy groups -OCH3 is 1. The first-order valence-electron chi connectivity index (χ1n) is 13.8. The molecule has 4 aromatic heterocycles. The van der Waals surface area contributed by atoms with Crippen molar-refractivity contribution in [3.63, 3.8) is 0 Å². The summed E-state index contributed by atoms with van der Waals surface area (Å²) in [6.45, 7) is 4.62. The minimum absolute atomic E-state index is 0.00235. The summed E-state index contributed by atoms with van der Waals surface area (Å²) >= 11 is 0. The maximum absolute atomic E-state index is 12.4. The molecule has 1 saturated heterocycles. The summed E-state index contributed by atoms with van der Waals surface area (Å²) in [6, 6.07) is 14.1. The maximum Gasteiger partial charge on any atom is 0.228 e. The summed E-state index contributed by atoms with van der Waals surface area (Å²) in [4.78, 5) is 23.9. The van der Waals surface area contributed by atoms with Gasteiger partial charge in [0.2, 0.25) is 5.91 Å². The van der Waals surface area contributed by atoms with E-state index >= 15 is 0 Å². The number of pyridine rings is 1. The van der Waals surface area contributed by atoms with Crippen molar-refractivity contribution in [1.82, 2.24) is 34.3 Å². The van der Waals surface area contributed by atoms with Gasteiger partial charge in [-0.15, -0.1) is 5.10 Å². The van der Waals surface area contributed by atoms with Crippen LogP contribution in [0.15, 0.2) is 67.3 Å². The molecular weight excluding hydrogens is 518 g/mol. The Bertz CT molecular complexity index is 1720. The van der Waals surface area contributed by atoms with E-state index in [2.05, 4.69) is 48.0 Å². The third kappa shape index (κ3) is 5.11. The molecule has 0 bridgehead atoms. The lowest BCUT2D eigenvalue weighted by Crippen LogP contribution is -2.47. The first kappa shape index (κ1) is 25.2. The molecule has 5 aromatic rings. The number of aromatic nitrogens is 6. The number of benzene rings is 1. The fourth-order valence-electron chi connectivity index (χ4n) is 5.28. The average Bonchev–Trinajstić information content (AvgIpc) is 3.58. The Morgan fingerprint density at radius 2 is 1.98 bits per heavy atom. The fraction of sp³-hybridized carbons (Fsp3) is 0.300. The highest BCUT2D eigenvalue weighted by atomic mass is 16.5. The van der Waals surface area contributed by atoms with E-state index in [9.17, 15) is 4.79 Å². The lowest BCUT2D eigenvalue weighted by molar-refractivity contribution is -0.117. The highest BCUT2D eigenvalue weighted by Gasteiger charge is 2.31. The van der Waals surface area contributed by atoms with Crippen LogP contribution in [0.4, 0.5) is 17.2 Å². The summed E-state index contributed by atoms with van der Waals surface area (Å²) < 4.78 is 9.65. The highest BCUT2D eigenvalue weighted by molar-refractivity contribution is 5.94. The number of rotatable bonds is 9. The lowest BCUT2D eigenvalue weighted by Gasteiger charge is -2.38. The number of carbonyl (C=O) groups excluding carboxylic acids is 1. The van der Waals surface area contributed by atoms with Crippen molar-refractivity contribution in [2.24, 2.45) is 5.92 Å². The van der Waals surface area contributed by atoms with Crippen LogP contribution in [0.3, 0.4) is 0 Å². The van der Waals surface area contributed by atoms with Gasteiger partial charge in [0.25, 0.3) is 0 Å². The van der Waals surface area contributed by atoms with E-state index in [-0.39, 0.29) is 11.8 Å². The summed E-state index contributed by atoms with van der Waals surface area (Å²) in [5, 5.41) is 15.7. The molecule has 208 valence electrons. The van der Waals surface area contributed by atoms with E-state index in [0.717, 1.165) is 60.7 Å². The van der Waals surface area contributed by atoms with Crippen molar-refractivity contribution < 1.29 is 9.53 Å². The predicted octanol–water partition coefficient (Wildman–Crippen LogP) is 4.45. The van der Waals surface area contributed by atoms with Gasteiger partial charge in [0, 0.05) is 55.1 Å². The third-order valence-corrected chi connectivity index (χ3v) is 7.57. The molecule has 2 fully saturated rings. The molecule has 5 heterocycles. The van der Waals surface area contributed by atoms with Crippen LogP contribution >= 0.6 is 0 Å². The molecule has 1 amide bonds. The zero-order chi connectivity index (χ0) is 27.9. The van der Waals surface area contributed by atoms with E-state index < -0.39 is 0 Å². The molecule has 1 saturated carbocycles. The van der Waals surface area contributed by atoms with Crippen LogP contribution < -0.4 is 15.4 Å². The molecule has 11 heteroatoms. The Balaban J connectivity index is 1.12. The van der Waals surface area contributed by atoms with Gasteiger partial charge in [-0.25, -0.2) is 9.50 Å². The van der Waals surface area contributed by atoms with Gasteiger partial charge in [0.05, 0.1) is 48.3 Å². The van der Waals surface area contributed by atoms with E-state index in [0.29, 0.717) is 28.9 Å². The molecule has 2 N–H and O–H groups in total. The quantitative estimate of drug-likeness (QED) is 0.277. The molecule has 11 nitrogen and oxygen atoms in total. The summed E-state index contributed by atoms with van der Waals surface area (Å²) in [5.41, 5.74) is 5.96. The Morgan fingerprint density at radius 1 is 1.10 bits per heavy atom. The first-order chi connectivity index (χ1) is 20.0. The smallest absolute Gasteiger partial charge is 0.228 e. The predicted molar refractivity (Wildman–Crippen MR) is 155 cm³/mol. The largest absolute Gasteiger partial charge is 0.494 e. The zero-order valence-corrected chi connectivity index (χ0v) is 23.0. The number of aryl methyl sites for hydroxylation is 1. The Morgan fingerprint density at radius 3 is 2.76 bits per heavy atom. The number of anilines is 3. The van der Waals surface area contributed by atoms with Crippen molar-refractivity contribution in [3.8, 4) is 16.9 Å². The Labute approximate surface area is 237 Å². The topological polar surface area (TPSA) is 114 Å². The van der Waals surface area contributed by atoms with Crippen LogP contribution in [-0.4, -0.2) is 60.4 Å². The fourth-order valence-corrected chi connectivity index (χ4v) is 5.28. The minimum atomic E-state index is 0.00235. The molecule has 0 spiro atoms. The lowest BCUT2D eigenvalue weighted by atomic mass is 10.1. The van der Waals surface area contributed by atoms with Gasteiger partial charge < -0.3 is 15.4 Å². The molecule has 1 aliphatic heterocycles. The second-order valence-electron chi connectivity index (χ2n) is 10.7. The Kier molecular flexibility index (Phi) is 6.35. The van der Waals surface area contributed by atoms with Crippen LogP contribution in [0.5, 0.6) is 5.75 Å². The van der Waals surface area contributed by atoms with Crippen molar-refractivity contribution >= 4 is 28.7 Å². The van der Waals surface area contributed by atoms with Gasteiger partial charge >= 0.3 is 0 Å². The first-order valence-corrected chi connectivity index (χ1v) is 13.8. The normalized spacial score (nSPS) is 15.6. The number of hydrogen-bond donors (Lipinski definition) is 2. The number of nitrogens with zero attached hydrogens (tertiary/aromatic N) is 7. The summed E-state index contributed by atoms with van der Waals surface area (Å²) in [6.07, 6.45) is 9.49. The summed E-state index contributed by atoms with van der Waals surface area (Å²) in [5.74, 6) is 1.25. The highest BCUT2D eigenvalue weighted by Crippen LogP contribution is 2.39. The molecular formula is C30H31N9O2. The van der Waals surface area contributed by atoms with Gasteiger partial charge in [-0.05, 0) is 38.0 Å². The second-order valence-corrected chi connectivity index (χ2v) is 10.7. The second kappa shape index (κ2) is 10.3. The van der Waals surface area contributed by atoms with E-state index in [1.807, 2.05) is 66.6 Å². The third-order valence-electron chi connectivity index (χ3n) is 7.57. The van der Waals surface area contributed by atoms with Crippen molar-refractivity contribution in [1.29, 1.82) is 0 Å². The van der Waals surface area contributed by atoms with Crippen LogP contribution in [0.2, 0.25) is 0 Å². The van der Waals surface area contributed by atoms with Crippen LogP contribution in [0.1, 0.15) is 30.3 Å². The number of nitrogens with one attached hydrogen (secondary N) is 2. The van der Waals surface area contributed by atoms with Crippen molar-refractivity contribution in [2.45, 2.75) is 32.4 Å². The van der Waals surface area contributed by atoms with Crippen molar-refractivity contribution in [2.75, 3.05) is 30.8 Å². The Hall–Kier alpha value is -4.77. The van der Waals surface area contributed by atoms with Gasteiger partial charge in [-0.2, -0.15) is 5.10 Å². The molecule has 0 radical (unpaired) electrons. The SMILES string of the molecule is COc1c(Nc2cc(NC(=O)C3CC3)nn3cc(C)nc23)cccc1-c1cnn(C2CN(Cc3ccccn3)C2)c1. The maximum atomic E-state index is 12.4. The molecule has 2 aliphatic rings. The van der Waals surface area contributed by atoms with Crippen LogP contribution in [0, 0.1) is 12.8 Å². The number of hydrogen-bond acceptors (Lipinski definition) is 8. The van der Waals surface area contributed by atoms with E-state index in [4.69, 9.17) is 4.74 Å². The van der Waals surface area contributed by atoms with Gasteiger partial charge in [0.1, 0.15) is 5.75 Å². The number of fused-ring (bicyclic) bond motifs is 1.